The Hall–Kier alpha value is -4.53. The molecule has 1 unspecified atom stereocenters. The van der Waals surface area contributed by atoms with Gasteiger partial charge in [0.15, 0.2) is 0 Å². The zero-order chi connectivity index (χ0) is 23.7. The van der Waals surface area contributed by atoms with Crippen molar-refractivity contribution in [1.82, 2.24) is 14.5 Å². The largest absolute Gasteiger partial charge is 0.338 e. The molecule has 0 radical (unpaired) electrons. The topological polar surface area (TPSA) is 118 Å². The monoisotopic (exact) mass is 464 g/mol. The maximum Gasteiger partial charge on any atom is 0.244 e. The Labute approximate surface area is 199 Å². The summed E-state index contributed by atoms with van der Waals surface area (Å²) in [5.41, 5.74) is 5.20. The van der Waals surface area contributed by atoms with E-state index < -0.39 is 5.41 Å². The number of benzene rings is 1. The normalized spacial score (nSPS) is 19.4. The fourth-order valence-corrected chi connectivity index (χ4v) is 5.72. The van der Waals surface area contributed by atoms with Crippen LogP contribution in [0.5, 0.6) is 0 Å². The van der Waals surface area contributed by atoms with Crippen LogP contribution in [0.2, 0.25) is 0 Å². The summed E-state index contributed by atoms with van der Waals surface area (Å²) in [7, 11) is 0. The van der Waals surface area contributed by atoms with E-state index in [4.69, 9.17) is 0 Å². The van der Waals surface area contributed by atoms with E-state index in [1.807, 2.05) is 47.2 Å². The molecule has 3 N–H and O–H groups in total. The molecule has 0 saturated heterocycles. The van der Waals surface area contributed by atoms with Gasteiger partial charge in [0.05, 0.1) is 34.9 Å². The van der Waals surface area contributed by atoms with Crippen molar-refractivity contribution in [1.29, 1.82) is 0 Å². The molecule has 9 nitrogen and oxygen atoms in total. The predicted octanol–water partition coefficient (Wildman–Crippen LogP) is 2.55. The van der Waals surface area contributed by atoms with Crippen molar-refractivity contribution in [2.24, 2.45) is 0 Å². The molecule has 7 rings (SSSR count). The number of pyridine rings is 2. The highest BCUT2D eigenvalue weighted by molar-refractivity contribution is 6.09. The molecule has 0 bridgehead atoms. The lowest BCUT2D eigenvalue weighted by molar-refractivity contribution is -0.120. The molecule has 3 aromatic heterocycles. The van der Waals surface area contributed by atoms with Gasteiger partial charge in [-0.15, -0.1) is 0 Å². The van der Waals surface area contributed by atoms with Crippen LogP contribution in [-0.2, 0) is 45.6 Å². The molecule has 172 valence electrons. The SMILES string of the molecule is O=C(Cn1cc2c3c(cccc31)NC(=O)C2)Nc1cnc2c(c1)CC1(C2)C(=O)Nc2ncccc21. The van der Waals surface area contributed by atoms with E-state index in [2.05, 4.69) is 25.9 Å². The third-order valence-electron chi connectivity index (χ3n) is 7.22. The van der Waals surface area contributed by atoms with E-state index in [9.17, 15) is 14.4 Å². The number of rotatable bonds is 3. The average molecular weight is 464 g/mol. The molecule has 1 aliphatic carbocycles. The summed E-state index contributed by atoms with van der Waals surface area (Å²) in [6, 6.07) is 11.4. The number of amides is 3. The minimum Gasteiger partial charge on any atom is -0.338 e. The number of carbonyl (C=O) groups is 3. The molecule has 4 aromatic rings. The molecule has 3 aliphatic rings. The smallest absolute Gasteiger partial charge is 0.244 e. The van der Waals surface area contributed by atoms with Gasteiger partial charge >= 0.3 is 0 Å². The summed E-state index contributed by atoms with van der Waals surface area (Å²) in [5.74, 6) is 0.305. The number of fused-ring (bicyclic) bond motifs is 3. The van der Waals surface area contributed by atoms with E-state index in [0.717, 1.165) is 39.0 Å². The van der Waals surface area contributed by atoms with Crippen LogP contribution in [0.1, 0.15) is 22.4 Å². The summed E-state index contributed by atoms with van der Waals surface area (Å²) in [5, 5.41) is 9.71. The van der Waals surface area contributed by atoms with Crippen molar-refractivity contribution in [2.75, 3.05) is 16.0 Å². The Morgan fingerprint density at radius 1 is 1.09 bits per heavy atom. The molecule has 5 heterocycles. The van der Waals surface area contributed by atoms with Gasteiger partial charge in [-0.2, -0.15) is 0 Å². The second kappa shape index (κ2) is 6.99. The zero-order valence-electron chi connectivity index (χ0n) is 18.6. The van der Waals surface area contributed by atoms with Crippen molar-refractivity contribution in [3.63, 3.8) is 0 Å². The minimum absolute atomic E-state index is 0.0523. The van der Waals surface area contributed by atoms with Gasteiger partial charge in [0.25, 0.3) is 0 Å². The summed E-state index contributed by atoms with van der Waals surface area (Å²) in [6.07, 6.45) is 6.50. The summed E-state index contributed by atoms with van der Waals surface area (Å²) >= 11 is 0. The molecule has 0 saturated carbocycles. The molecule has 0 fully saturated rings. The fraction of sp³-hybridized carbons (Fsp3) is 0.192. The first kappa shape index (κ1) is 19.9. The van der Waals surface area contributed by atoms with Crippen LogP contribution >= 0.6 is 0 Å². The van der Waals surface area contributed by atoms with Gasteiger partial charge in [0, 0.05) is 35.5 Å². The first-order valence-corrected chi connectivity index (χ1v) is 11.5. The number of carbonyl (C=O) groups excluding carboxylic acids is 3. The maximum atomic E-state index is 12.9. The number of hydrogen-bond acceptors (Lipinski definition) is 5. The first-order chi connectivity index (χ1) is 17.0. The highest BCUT2D eigenvalue weighted by Gasteiger charge is 2.51. The number of anilines is 3. The van der Waals surface area contributed by atoms with Gasteiger partial charge in [0.2, 0.25) is 17.7 Å². The Balaban J connectivity index is 1.13. The van der Waals surface area contributed by atoms with Crippen LogP contribution in [0.25, 0.3) is 10.9 Å². The summed E-state index contributed by atoms with van der Waals surface area (Å²) in [6.45, 7) is 0.108. The molecule has 9 heteroatoms. The maximum absolute atomic E-state index is 12.9. The molecule has 3 amide bonds. The molecule has 1 atom stereocenters. The second-order valence-corrected chi connectivity index (χ2v) is 9.37. The van der Waals surface area contributed by atoms with Crippen molar-refractivity contribution in [3.05, 3.63) is 77.4 Å². The van der Waals surface area contributed by atoms with Crippen LogP contribution in [0.3, 0.4) is 0 Å². The Morgan fingerprint density at radius 2 is 2.00 bits per heavy atom. The third-order valence-corrected chi connectivity index (χ3v) is 7.22. The van der Waals surface area contributed by atoms with E-state index in [1.54, 1.807) is 12.4 Å². The second-order valence-electron chi connectivity index (χ2n) is 9.37. The summed E-state index contributed by atoms with van der Waals surface area (Å²) < 4.78 is 1.87. The highest BCUT2D eigenvalue weighted by Crippen LogP contribution is 2.46. The number of aromatic nitrogens is 3. The van der Waals surface area contributed by atoms with Crippen molar-refractivity contribution < 1.29 is 14.4 Å². The minimum atomic E-state index is -0.697. The van der Waals surface area contributed by atoms with Crippen molar-refractivity contribution >= 4 is 45.8 Å². The Morgan fingerprint density at radius 3 is 2.91 bits per heavy atom. The van der Waals surface area contributed by atoms with Crippen molar-refractivity contribution in [3.8, 4) is 0 Å². The van der Waals surface area contributed by atoms with Crippen LogP contribution in [0, 0.1) is 0 Å². The zero-order valence-corrected chi connectivity index (χ0v) is 18.6. The van der Waals surface area contributed by atoms with E-state index in [1.165, 1.54) is 0 Å². The van der Waals surface area contributed by atoms with Gasteiger partial charge in [-0.1, -0.05) is 12.1 Å². The van der Waals surface area contributed by atoms with E-state index in [0.29, 0.717) is 30.8 Å². The van der Waals surface area contributed by atoms with Gasteiger partial charge < -0.3 is 20.5 Å². The van der Waals surface area contributed by atoms with E-state index >= 15 is 0 Å². The lowest BCUT2D eigenvalue weighted by Crippen LogP contribution is -2.35. The van der Waals surface area contributed by atoms with Gasteiger partial charge in [-0.25, -0.2) is 4.98 Å². The Bertz CT molecular complexity index is 1610. The van der Waals surface area contributed by atoms with E-state index in [-0.39, 0.29) is 24.3 Å². The molecule has 1 aromatic carbocycles. The van der Waals surface area contributed by atoms with Crippen LogP contribution in [0.15, 0.2) is 55.0 Å². The van der Waals surface area contributed by atoms with Crippen LogP contribution in [0.4, 0.5) is 17.2 Å². The lowest BCUT2D eigenvalue weighted by atomic mass is 9.80. The number of nitrogens with zero attached hydrogens (tertiary/aromatic N) is 3. The highest BCUT2D eigenvalue weighted by atomic mass is 16.2. The molecular weight excluding hydrogens is 444 g/mol. The standard InChI is InChI=1S/C26H20N6O3/c33-21-8-15-12-32(20-5-1-4-18(30-21)23(15)20)13-22(34)29-16-7-14-9-26(10-19(14)28-11-16)17-3-2-6-27-24(17)31-25(26)35/h1-7,11-12H,8-10,13H2,(H,29,34)(H,30,33)(H,27,31,35). The first-order valence-electron chi connectivity index (χ1n) is 11.5. The Kier molecular flexibility index (Phi) is 3.97. The van der Waals surface area contributed by atoms with Gasteiger partial charge in [0.1, 0.15) is 12.4 Å². The van der Waals surface area contributed by atoms with Crippen LogP contribution < -0.4 is 16.0 Å². The molecule has 35 heavy (non-hydrogen) atoms. The van der Waals surface area contributed by atoms with Gasteiger partial charge in [-0.3, -0.25) is 19.4 Å². The predicted molar refractivity (Wildman–Crippen MR) is 129 cm³/mol. The molecular formula is C26H20N6O3. The van der Waals surface area contributed by atoms with Crippen LogP contribution in [-0.4, -0.2) is 32.3 Å². The van der Waals surface area contributed by atoms with Gasteiger partial charge in [-0.05, 0) is 41.8 Å². The quantitative estimate of drug-likeness (QED) is 0.431. The third kappa shape index (κ3) is 2.91. The molecule has 2 aliphatic heterocycles. The number of nitrogens with one attached hydrogen (secondary N) is 3. The average Bonchev–Trinajstić information content (AvgIpc) is 3.47. The number of hydrogen-bond donors (Lipinski definition) is 3. The van der Waals surface area contributed by atoms with Crippen molar-refractivity contribution in [2.45, 2.75) is 31.2 Å². The fourth-order valence-electron chi connectivity index (χ4n) is 5.72. The lowest BCUT2D eigenvalue weighted by Gasteiger charge is -2.19. The summed E-state index contributed by atoms with van der Waals surface area (Å²) in [4.78, 5) is 46.7. The molecule has 1 spiro atoms.